The maximum Gasteiger partial charge on any atom is 0.223 e. The summed E-state index contributed by atoms with van der Waals surface area (Å²) < 4.78 is 5.45. The zero-order chi connectivity index (χ0) is 14.7. The monoisotopic (exact) mass is 321 g/mol. The van der Waals surface area contributed by atoms with Crippen LogP contribution in [-0.4, -0.2) is 24.0 Å². The summed E-state index contributed by atoms with van der Waals surface area (Å²) in [6.45, 7) is 4.22. The first-order chi connectivity index (χ1) is 10.3. The lowest BCUT2D eigenvalue weighted by Crippen LogP contribution is -2.49. The van der Waals surface area contributed by atoms with Crippen molar-refractivity contribution >= 4 is 18.3 Å². The summed E-state index contributed by atoms with van der Waals surface area (Å²) in [6.07, 6.45) is 1.42. The van der Waals surface area contributed by atoms with Crippen LogP contribution >= 0.6 is 12.4 Å². The molecule has 6 heteroatoms. The molecule has 1 amide bonds. The summed E-state index contributed by atoms with van der Waals surface area (Å²) in [6, 6.07) is 9.79. The second kappa shape index (κ2) is 7.42. The van der Waals surface area contributed by atoms with Gasteiger partial charge in [-0.2, -0.15) is 0 Å². The fourth-order valence-corrected chi connectivity index (χ4v) is 2.43. The van der Waals surface area contributed by atoms with E-state index in [-0.39, 0.29) is 24.2 Å². The van der Waals surface area contributed by atoms with Gasteiger partial charge in [-0.05, 0) is 19.0 Å². The molecule has 0 bridgehead atoms. The number of hydrogen-bond donors (Lipinski definition) is 2. The van der Waals surface area contributed by atoms with E-state index in [0.29, 0.717) is 18.2 Å². The molecule has 0 radical (unpaired) electrons. The van der Waals surface area contributed by atoms with E-state index in [0.717, 1.165) is 24.3 Å². The molecule has 1 aromatic carbocycles. The molecule has 118 valence electrons. The van der Waals surface area contributed by atoms with Gasteiger partial charge in [-0.25, -0.2) is 4.98 Å². The molecular weight excluding hydrogens is 302 g/mol. The third kappa shape index (κ3) is 3.48. The van der Waals surface area contributed by atoms with Crippen LogP contribution in [0.3, 0.4) is 0 Å². The predicted octanol–water partition coefficient (Wildman–Crippen LogP) is 2.24. The smallest absolute Gasteiger partial charge is 0.223 e. The van der Waals surface area contributed by atoms with Crippen molar-refractivity contribution in [2.24, 2.45) is 11.8 Å². The molecule has 0 spiro atoms. The third-order valence-electron chi connectivity index (χ3n) is 4.04. The maximum atomic E-state index is 12.1. The van der Waals surface area contributed by atoms with Crippen LogP contribution in [0.1, 0.15) is 12.6 Å². The molecule has 2 heterocycles. The largest absolute Gasteiger partial charge is 0.443 e. The molecule has 1 saturated heterocycles. The third-order valence-corrected chi connectivity index (χ3v) is 4.04. The Kier molecular flexibility index (Phi) is 5.57. The minimum absolute atomic E-state index is 0. The first-order valence-electron chi connectivity index (χ1n) is 7.22. The standard InChI is InChI=1S/C16H19N3O2.ClH/c1-11(13-7-17-8-13)16(20)18-9-14-15(21-10-19-14)12-5-3-2-4-6-12;/h2-6,10-11,13,17H,7-9H2,1H3,(H,18,20);1H. The molecule has 22 heavy (non-hydrogen) atoms. The summed E-state index contributed by atoms with van der Waals surface area (Å²) in [5, 5.41) is 6.14. The van der Waals surface area contributed by atoms with Crippen molar-refractivity contribution in [3.63, 3.8) is 0 Å². The fourth-order valence-electron chi connectivity index (χ4n) is 2.43. The van der Waals surface area contributed by atoms with Crippen molar-refractivity contribution in [2.75, 3.05) is 13.1 Å². The van der Waals surface area contributed by atoms with Crippen LogP contribution in [-0.2, 0) is 11.3 Å². The van der Waals surface area contributed by atoms with Crippen molar-refractivity contribution in [3.05, 3.63) is 42.4 Å². The van der Waals surface area contributed by atoms with Crippen LogP contribution in [0.2, 0.25) is 0 Å². The number of carbonyl (C=O) groups is 1. The molecule has 0 aliphatic carbocycles. The van der Waals surface area contributed by atoms with Gasteiger partial charge < -0.3 is 15.1 Å². The summed E-state index contributed by atoms with van der Waals surface area (Å²) in [7, 11) is 0. The van der Waals surface area contributed by atoms with E-state index in [1.54, 1.807) is 0 Å². The lowest BCUT2D eigenvalue weighted by atomic mass is 9.88. The molecule has 5 nitrogen and oxygen atoms in total. The van der Waals surface area contributed by atoms with Crippen molar-refractivity contribution in [3.8, 4) is 11.3 Å². The van der Waals surface area contributed by atoms with Crippen molar-refractivity contribution < 1.29 is 9.21 Å². The van der Waals surface area contributed by atoms with Crippen molar-refractivity contribution in [2.45, 2.75) is 13.5 Å². The first kappa shape index (κ1) is 16.5. The number of halogens is 1. The number of benzene rings is 1. The Labute approximate surface area is 135 Å². The molecule has 1 unspecified atom stereocenters. The maximum absolute atomic E-state index is 12.1. The van der Waals surface area contributed by atoms with Crippen LogP contribution < -0.4 is 10.6 Å². The van der Waals surface area contributed by atoms with Gasteiger partial charge in [-0.3, -0.25) is 4.79 Å². The van der Waals surface area contributed by atoms with Gasteiger partial charge in [0.05, 0.1) is 6.54 Å². The number of amides is 1. The molecule has 2 N–H and O–H groups in total. The number of nitrogens with one attached hydrogen (secondary N) is 2. The highest BCUT2D eigenvalue weighted by Crippen LogP contribution is 2.23. The number of carbonyl (C=O) groups excluding carboxylic acids is 1. The predicted molar refractivity (Wildman–Crippen MR) is 86.6 cm³/mol. The van der Waals surface area contributed by atoms with Gasteiger partial charge >= 0.3 is 0 Å². The first-order valence-corrected chi connectivity index (χ1v) is 7.22. The second-order valence-corrected chi connectivity index (χ2v) is 5.42. The van der Waals surface area contributed by atoms with Gasteiger partial charge in [0.1, 0.15) is 5.69 Å². The molecule has 1 aliphatic heterocycles. The van der Waals surface area contributed by atoms with Gasteiger partial charge in [0.25, 0.3) is 0 Å². The molecule has 1 atom stereocenters. The average molecular weight is 322 g/mol. The van der Waals surface area contributed by atoms with Crippen molar-refractivity contribution in [1.29, 1.82) is 0 Å². The number of rotatable bonds is 5. The Morgan fingerprint density at radius 3 is 2.77 bits per heavy atom. The normalized spacial score (nSPS) is 15.5. The fraction of sp³-hybridized carbons (Fsp3) is 0.375. The Hall–Kier alpha value is -1.85. The summed E-state index contributed by atoms with van der Waals surface area (Å²) >= 11 is 0. The molecule has 2 aromatic rings. The Morgan fingerprint density at radius 2 is 2.14 bits per heavy atom. The van der Waals surface area contributed by atoms with E-state index in [1.807, 2.05) is 37.3 Å². The minimum Gasteiger partial charge on any atom is -0.443 e. The van der Waals surface area contributed by atoms with E-state index >= 15 is 0 Å². The van der Waals surface area contributed by atoms with Gasteiger partial charge in [-0.15, -0.1) is 12.4 Å². The second-order valence-electron chi connectivity index (χ2n) is 5.42. The molecule has 1 aromatic heterocycles. The number of oxazole rings is 1. The number of nitrogens with zero attached hydrogens (tertiary/aromatic N) is 1. The van der Waals surface area contributed by atoms with Crippen LogP contribution in [0.25, 0.3) is 11.3 Å². The number of hydrogen-bond acceptors (Lipinski definition) is 4. The molecule has 0 saturated carbocycles. The molecular formula is C16H20ClN3O2. The van der Waals surface area contributed by atoms with Gasteiger partial charge in [0.15, 0.2) is 12.2 Å². The van der Waals surface area contributed by atoms with Crippen LogP contribution in [0.4, 0.5) is 0 Å². The lowest BCUT2D eigenvalue weighted by Gasteiger charge is -2.31. The zero-order valence-corrected chi connectivity index (χ0v) is 13.2. The van der Waals surface area contributed by atoms with Gasteiger partial charge in [0.2, 0.25) is 5.91 Å². The topological polar surface area (TPSA) is 67.2 Å². The Balaban J connectivity index is 0.00000176. The minimum atomic E-state index is 0. The highest BCUT2D eigenvalue weighted by Gasteiger charge is 2.28. The van der Waals surface area contributed by atoms with Crippen LogP contribution in [0.15, 0.2) is 41.1 Å². The van der Waals surface area contributed by atoms with Crippen LogP contribution in [0, 0.1) is 11.8 Å². The molecule has 1 aliphatic rings. The molecule has 3 rings (SSSR count). The summed E-state index contributed by atoms with van der Waals surface area (Å²) in [5.41, 5.74) is 1.73. The zero-order valence-electron chi connectivity index (χ0n) is 12.4. The lowest BCUT2D eigenvalue weighted by molar-refractivity contribution is -0.126. The summed E-state index contributed by atoms with van der Waals surface area (Å²) in [5.74, 6) is 1.26. The van der Waals surface area contributed by atoms with E-state index < -0.39 is 0 Å². The van der Waals surface area contributed by atoms with Gasteiger partial charge in [0, 0.05) is 11.5 Å². The SMILES string of the molecule is CC(C(=O)NCc1ncoc1-c1ccccc1)C1CNC1.Cl. The average Bonchev–Trinajstić information content (AvgIpc) is 2.92. The van der Waals surface area contributed by atoms with E-state index in [9.17, 15) is 4.79 Å². The van der Waals surface area contributed by atoms with Crippen LogP contribution in [0.5, 0.6) is 0 Å². The van der Waals surface area contributed by atoms with E-state index in [1.165, 1.54) is 6.39 Å². The quantitative estimate of drug-likeness (QED) is 0.886. The van der Waals surface area contributed by atoms with Crippen molar-refractivity contribution in [1.82, 2.24) is 15.6 Å². The highest BCUT2D eigenvalue weighted by atomic mass is 35.5. The Morgan fingerprint density at radius 1 is 1.41 bits per heavy atom. The number of aromatic nitrogens is 1. The van der Waals surface area contributed by atoms with E-state index in [2.05, 4.69) is 15.6 Å². The highest BCUT2D eigenvalue weighted by molar-refractivity contribution is 5.85. The van der Waals surface area contributed by atoms with Gasteiger partial charge in [-0.1, -0.05) is 37.3 Å². The molecule has 1 fully saturated rings. The Bertz CT molecular complexity index is 611. The summed E-state index contributed by atoms with van der Waals surface area (Å²) in [4.78, 5) is 16.3. The van der Waals surface area contributed by atoms with E-state index in [4.69, 9.17) is 4.42 Å².